The smallest absolute Gasteiger partial charge is 0.141 e. The van der Waals surface area contributed by atoms with Gasteiger partial charge < -0.3 is 14.5 Å². The van der Waals surface area contributed by atoms with Crippen LogP contribution >= 0.6 is 11.3 Å². The van der Waals surface area contributed by atoms with Crippen LogP contribution in [-0.4, -0.2) is 43.3 Å². The lowest BCUT2D eigenvalue weighted by Crippen LogP contribution is -2.47. The molecule has 1 saturated heterocycles. The van der Waals surface area contributed by atoms with Crippen LogP contribution in [0.5, 0.6) is 5.75 Å². The lowest BCUT2D eigenvalue weighted by atomic mass is 10.1. The van der Waals surface area contributed by atoms with Crippen molar-refractivity contribution < 1.29 is 4.74 Å². The van der Waals surface area contributed by atoms with Crippen LogP contribution in [0, 0.1) is 6.92 Å². The monoisotopic (exact) mass is 380 g/mol. The summed E-state index contributed by atoms with van der Waals surface area (Å²) >= 11 is 1.88. The Bertz CT molecular complexity index is 974. The second kappa shape index (κ2) is 6.68. The van der Waals surface area contributed by atoms with Crippen molar-refractivity contribution in [3.8, 4) is 5.75 Å². The molecule has 0 unspecified atom stereocenters. The molecule has 2 aromatic heterocycles. The molecule has 1 aromatic carbocycles. The molecule has 6 heteroatoms. The molecule has 27 heavy (non-hydrogen) atoms. The molecule has 1 aliphatic heterocycles. The number of thiophene rings is 1. The second-order valence-corrected chi connectivity index (χ2v) is 8.39. The van der Waals surface area contributed by atoms with Crippen LogP contribution in [0.3, 0.4) is 0 Å². The Morgan fingerprint density at radius 2 is 1.70 bits per heavy atom. The van der Waals surface area contributed by atoms with Gasteiger partial charge in [-0.25, -0.2) is 9.97 Å². The summed E-state index contributed by atoms with van der Waals surface area (Å²) in [6.07, 6.45) is 3.66. The number of rotatable bonds is 3. The zero-order valence-corrected chi connectivity index (χ0v) is 16.7. The molecule has 3 heterocycles. The van der Waals surface area contributed by atoms with Gasteiger partial charge in [0.05, 0.1) is 12.5 Å². The van der Waals surface area contributed by atoms with Gasteiger partial charge in [0.25, 0.3) is 0 Å². The minimum atomic E-state index is 0.884. The molecule has 1 fully saturated rings. The number of aromatic nitrogens is 2. The SMILES string of the molecule is COc1ccc(N2CCN(c3nc(C)nc4sc5c(c34)CCC5)CC2)cc1. The Morgan fingerprint density at radius 1 is 0.963 bits per heavy atom. The highest BCUT2D eigenvalue weighted by Gasteiger charge is 2.26. The fraction of sp³-hybridized carbons (Fsp3) is 0.429. The van der Waals surface area contributed by atoms with Crippen molar-refractivity contribution in [2.24, 2.45) is 0 Å². The minimum absolute atomic E-state index is 0.884. The van der Waals surface area contributed by atoms with Gasteiger partial charge in [-0.2, -0.15) is 0 Å². The first-order chi connectivity index (χ1) is 13.2. The van der Waals surface area contributed by atoms with Crippen molar-refractivity contribution in [1.29, 1.82) is 0 Å². The van der Waals surface area contributed by atoms with E-state index in [4.69, 9.17) is 14.7 Å². The molecule has 0 saturated carbocycles. The quantitative estimate of drug-likeness (QED) is 0.691. The first-order valence-corrected chi connectivity index (χ1v) is 10.5. The van der Waals surface area contributed by atoms with Gasteiger partial charge >= 0.3 is 0 Å². The maximum Gasteiger partial charge on any atom is 0.141 e. The molecule has 0 atom stereocenters. The molecular weight excluding hydrogens is 356 g/mol. The van der Waals surface area contributed by atoms with E-state index in [-0.39, 0.29) is 0 Å². The molecule has 0 N–H and O–H groups in total. The van der Waals surface area contributed by atoms with Crippen LogP contribution in [-0.2, 0) is 12.8 Å². The van der Waals surface area contributed by atoms with Gasteiger partial charge in [0.1, 0.15) is 22.2 Å². The summed E-state index contributed by atoms with van der Waals surface area (Å²) < 4.78 is 5.27. The number of hydrogen-bond donors (Lipinski definition) is 0. The molecule has 0 amide bonds. The van der Waals surface area contributed by atoms with E-state index >= 15 is 0 Å². The van der Waals surface area contributed by atoms with Gasteiger partial charge in [-0.15, -0.1) is 11.3 Å². The van der Waals surface area contributed by atoms with Crippen molar-refractivity contribution in [2.75, 3.05) is 43.1 Å². The predicted octanol–water partition coefficient (Wildman–Crippen LogP) is 3.82. The van der Waals surface area contributed by atoms with E-state index in [1.54, 1.807) is 7.11 Å². The zero-order chi connectivity index (χ0) is 18.4. The zero-order valence-electron chi connectivity index (χ0n) is 15.9. The van der Waals surface area contributed by atoms with Crippen molar-refractivity contribution >= 4 is 33.1 Å². The van der Waals surface area contributed by atoms with E-state index in [2.05, 4.69) is 21.9 Å². The third kappa shape index (κ3) is 2.92. The molecular formula is C21H24N4OS. The van der Waals surface area contributed by atoms with Gasteiger partial charge in [-0.1, -0.05) is 0 Å². The van der Waals surface area contributed by atoms with Gasteiger partial charge in [0.2, 0.25) is 0 Å². The summed E-state index contributed by atoms with van der Waals surface area (Å²) in [6, 6.07) is 8.36. The Hall–Kier alpha value is -2.34. The van der Waals surface area contributed by atoms with E-state index in [0.29, 0.717) is 0 Å². The van der Waals surface area contributed by atoms with Crippen molar-refractivity contribution in [3.05, 3.63) is 40.5 Å². The molecule has 5 nitrogen and oxygen atoms in total. The Kier molecular flexibility index (Phi) is 4.16. The maximum absolute atomic E-state index is 5.27. The van der Waals surface area contributed by atoms with Gasteiger partial charge in [-0.05, 0) is 56.0 Å². The Morgan fingerprint density at radius 3 is 2.44 bits per heavy atom. The van der Waals surface area contributed by atoms with Crippen LogP contribution in [0.15, 0.2) is 24.3 Å². The highest BCUT2D eigenvalue weighted by atomic mass is 32.1. The standard InChI is InChI=1S/C21H24N4OS/c1-14-22-20(19-17-4-3-5-18(17)27-21(19)23-14)25-12-10-24(11-13-25)15-6-8-16(26-2)9-7-15/h6-9H,3-5,10-13H2,1-2H3. The van der Waals surface area contributed by atoms with Crippen LogP contribution in [0.2, 0.25) is 0 Å². The lowest BCUT2D eigenvalue weighted by molar-refractivity contribution is 0.415. The first kappa shape index (κ1) is 16.8. The Labute approximate surface area is 163 Å². The molecule has 0 spiro atoms. The van der Waals surface area contributed by atoms with Crippen molar-refractivity contribution in [3.63, 3.8) is 0 Å². The minimum Gasteiger partial charge on any atom is -0.497 e. The first-order valence-electron chi connectivity index (χ1n) is 9.66. The molecule has 1 aliphatic carbocycles. The van der Waals surface area contributed by atoms with E-state index in [9.17, 15) is 0 Å². The summed E-state index contributed by atoms with van der Waals surface area (Å²) in [6.45, 7) is 6.00. The number of fused-ring (bicyclic) bond motifs is 3. The topological polar surface area (TPSA) is 41.5 Å². The molecule has 2 aliphatic rings. The summed E-state index contributed by atoms with van der Waals surface area (Å²) in [5.74, 6) is 2.95. The summed E-state index contributed by atoms with van der Waals surface area (Å²) in [4.78, 5) is 17.2. The summed E-state index contributed by atoms with van der Waals surface area (Å²) in [5, 5.41) is 1.33. The molecule has 140 valence electrons. The predicted molar refractivity (Wildman–Crippen MR) is 112 cm³/mol. The summed E-state index contributed by atoms with van der Waals surface area (Å²) in [7, 11) is 1.71. The van der Waals surface area contributed by atoms with Crippen molar-refractivity contribution in [1.82, 2.24) is 9.97 Å². The third-order valence-corrected chi connectivity index (χ3v) is 6.86. The number of ether oxygens (including phenoxy) is 1. The average molecular weight is 381 g/mol. The summed E-state index contributed by atoms with van der Waals surface area (Å²) in [5.41, 5.74) is 2.78. The fourth-order valence-electron chi connectivity index (χ4n) is 4.28. The highest BCUT2D eigenvalue weighted by molar-refractivity contribution is 7.19. The van der Waals surface area contributed by atoms with Gasteiger partial charge in [0.15, 0.2) is 0 Å². The number of benzene rings is 1. The maximum atomic E-state index is 5.27. The molecule has 0 radical (unpaired) electrons. The third-order valence-electron chi connectivity index (χ3n) is 5.67. The van der Waals surface area contributed by atoms with E-state index in [1.165, 1.54) is 45.6 Å². The lowest BCUT2D eigenvalue weighted by Gasteiger charge is -2.37. The largest absolute Gasteiger partial charge is 0.497 e. The number of anilines is 2. The number of piperazine rings is 1. The number of hydrogen-bond acceptors (Lipinski definition) is 6. The number of aryl methyl sites for hydroxylation is 3. The number of nitrogens with zero attached hydrogens (tertiary/aromatic N) is 4. The van der Waals surface area contributed by atoms with Crippen LogP contribution in [0.1, 0.15) is 22.7 Å². The van der Waals surface area contributed by atoms with Gasteiger partial charge in [0, 0.05) is 36.7 Å². The van der Waals surface area contributed by atoms with Gasteiger partial charge in [-0.3, -0.25) is 0 Å². The van der Waals surface area contributed by atoms with Crippen LogP contribution in [0.25, 0.3) is 10.2 Å². The Balaban J connectivity index is 1.40. The van der Waals surface area contributed by atoms with E-state index in [0.717, 1.165) is 43.6 Å². The number of methoxy groups -OCH3 is 1. The van der Waals surface area contributed by atoms with E-state index < -0.39 is 0 Å². The average Bonchev–Trinajstić information content (AvgIpc) is 3.28. The molecule has 3 aromatic rings. The van der Waals surface area contributed by atoms with Crippen LogP contribution in [0.4, 0.5) is 11.5 Å². The van der Waals surface area contributed by atoms with E-state index in [1.807, 2.05) is 30.4 Å². The van der Waals surface area contributed by atoms with Crippen molar-refractivity contribution in [2.45, 2.75) is 26.2 Å². The van der Waals surface area contributed by atoms with Crippen LogP contribution < -0.4 is 14.5 Å². The molecule has 5 rings (SSSR count). The molecule has 0 bridgehead atoms. The normalized spacial score (nSPS) is 16.8. The fourth-order valence-corrected chi connectivity index (χ4v) is 5.58. The second-order valence-electron chi connectivity index (χ2n) is 7.30. The highest BCUT2D eigenvalue weighted by Crippen LogP contribution is 2.40.